The first kappa shape index (κ1) is 17.7. The van der Waals surface area contributed by atoms with Crippen molar-refractivity contribution >= 4 is 35.4 Å². The molecule has 24 heavy (non-hydrogen) atoms. The number of rotatable bonds is 4. The third kappa shape index (κ3) is 3.81. The molecule has 0 spiro atoms. The van der Waals surface area contributed by atoms with E-state index in [2.05, 4.69) is 4.99 Å². The van der Waals surface area contributed by atoms with E-state index in [1.165, 1.54) is 20.4 Å². The van der Waals surface area contributed by atoms with Crippen molar-refractivity contribution in [1.82, 2.24) is 0 Å². The van der Waals surface area contributed by atoms with Crippen LogP contribution in [0.3, 0.4) is 0 Å². The summed E-state index contributed by atoms with van der Waals surface area (Å²) in [4.78, 5) is 28.3. The molecule has 0 amide bonds. The number of carbonyl (C=O) groups is 2. The van der Waals surface area contributed by atoms with Crippen molar-refractivity contribution in [3.05, 3.63) is 63.7 Å². The molecule has 0 aliphatic carbocycles. The maximum Gasteiger partial charge on any atom is 0.338 e. The number of nitrogens with zero attached hydrogens (tertiary/aromatic N) is 1. The number of aliphatic imine (C=N–C) groups is 1. The number of hydrogen-bond acceptors (Lipinski definition) is 5. The Balaban J connectivity index is 2.55. The lowest BCUT2D eigenvalue weighted by molar-refractivity contribution is 0.0599. The van der Waals surface area contributed by atoms with Crippen molar-refractivity contribution in [3.63, 3.8) is 0 Å². The van der Waals surface area contributed by atoms with Gasteiger partial charge in [0.2, 0.25) is 0 Å². The molecule has 2 rings (SSSR count). The standard InChI is InChI=1S/C18H16ClNO4/c1-11-9-12(19)7-8-16(11)20-10-15-13(17(21)23-2)5-4-6-14(15)18(22)24-3/h4-10H,1-3H3/b20-10+. The minimum absolute atomic E-state index is 0.232. The van der Waals surface area contributed by atoms with E-state index < -0.39 is 11.9 Å². The Morgan fingerprint density at radius 3 is 2.12 bits per heavy atom. The lowest BCUT2D eigenvalue weighted by Gasteiger charge is -2.09. The summed E-state index contributed by atoms with van der Waals surface area (Å²) in [7, 11) is 2.55. The number of benzene rings is 2. The van der Waals surface area contributed by atoms with Gasteiger partial charge in [-0.15, -0.1) is 0 Å². The number of halogens is 1. The molecule has 0 saturated heterocycles. The number of hydrogen-bond donors (Lipinski definition) is 0. The SMILES string of the molecule is COC(=O)c1cccc(C(=O)OC)c1/C=N/c1ccc(Cl)cc1C. The molecule has 0 bridgehead atoms. The fraction of sp³-hybridized carbons (Fsp3) is 0.167. The molecule has 0 radical (unpaired) electrons. The fourth-order valence-electron chi connectivity index (χ4n) is 2.18. The van der Waals surface area contributed by atoms with E-state index in [0.29, 0.717) is 16.3 Å². The Labute approximate surface area is 144 Å². The van der Waals surface area contributed by atoms with Gasteiger partial charge in [0.25, 0.3) is 0 Å². The summed E-state index contributed by atoms with van der Waals surface area (Å²) in [5.41, 5.74) is 2.35. The molecule has 5 nitrogen and oxygen atoms in total. The lowest BCUT2D eigenvalue weighted by atomic mass is 10.0. The van der Waals surface area contributed by atoms with Crippen molar-refractivity contribution < 1.29 is 19.1 Å². The van der Waals surface area contributed by atoms with Gasteiger partial charge in [0.05, 0.1) is 31.0 Å². The summed E-state index contributed by atoms with van der Waals surface area (Å²) in [6.07, 6.45) is 1.45. The molecule has 0 aliphatic heterocycles. The topological polar surface area (TPSA) is 65.0 Å². The predicted octanol–water partition coefficient (Wildman–Crippen LogP) is 3.97. The van der Waals surface area contributed by atoms with Crippen LogP contribution >= 0.6 is 11.6 Å². The second-order valence-corrected chi connectivity index (χ2v) is 5.38. The van der Waals surface area contributed by atoms with Crippen molar-refractivity contribution in [3.8, 4) is 0 Å². The van der Waals surface area contributed by atoms with Gasteiger partial charge in [-0.2, -0.15) is 0 Å². The van der Waals surface area contributed by atoms with E-state index in [1.54, 1.807) is 36.4 Å². The van der Waals surface area contributed by atoms with E-state index in [4.69, 9.17) is 21.1 Å². The Hall–Kier alpha value is -2.66. The van der Waals surface area contributed by atoms with Crippen LogP contribution in [0.1, 0.15) is 31.8 Å². The zero-order chi connectivity index (χ0) is 17.7. The van der Waals surface area contributed by atoms with Gasteiger partial charge in [-0.25, -0.2) is 9.59 Å². The zero-order valence-corrected chi connectivity index (χ0v) is 14.3. The van der Waals surface area contributed by atoms with Gasteiger partial charge in [-0.1, -0.05) is 17.7 Å². The number of esters is 2. The second-order valence-electron chi connectivity index (χ2n) is 4.94. The molecule has 6 heteroatoms. The van der Waals surface area contributed by atoms with Crippen LogP contribution in [0.15, 0.2) is 41.4 Å². The van der Waals surface area contributed by atoms with Gasteiger partial charge in [-0.3, -0.25) is 4.99 Å². The number of methoxy groups -OCH3 is 2. The van der Waals surface area contributed by atoms with Crippen molar-refractivity contribution in [2.24, 2.45) is 4.99 Å². The highest BCUT2D eigenvalue weighted by molar-refractivity contribution is 6.30. The molecule has 0 unspecified atom stereocenters. The maximum atomic E-state index is 12.0. The average Bonchev–Trinajstić information content (AvgIpc) is 2.59. The molecule has 0 saturated carbocycles. The van der Waals surface area contributed by atoms with Crippen LogP contribution in [-0.2, 0) is 9.47 Å². The Kier molecular flexibility index (Phi) is 5.71. The molecule has 0 aromatic heterocycles. The van der Waals surface area contributed by atoms with Crippen LogP contribution in [-0.4, -0.2) is 32.4 Å². The van der Waals surface area contributed by atoms with Gasteiger partial charge < -0.3 is 9.47 Å². The molecule has 2 aromatic carbocycles. The molecule has 2 aromatic rings. The van der Waals surface area contributed by atoms with Crippen LogP contribution in [0.4, 0.5) is 5.69 Å². The summed E-state index contributed by atoms with van der Waals surface area (Å²) in [5, 5.41) is 0.608. The summed E-state index contributed by atoms with van der Waals surface area (Å²) in [6.45, 7) is 1.87. The summed E-state index contributed by atoms with van der Waals surface area (Å²) >= 11 is 5.93. The van der Waals surface area contributed by atoms with Gasteiger partial charge in [-0.05, 0) is 42.8 Å². The average molecular weight is 346 g/mol. The highest BCUT2D eigenvalue weighted by Crippen LogP contribution is 2.23. The molecule has 0 N–H and O–H groups in total. The van der Waals surface area contributed by atoms with E-state index in [1.807, 2.05) is 6.92 Å². The van der Waals surface area contributed by atoms with Crippen LogP contribution in [0.25, 0.3) is 0 Å². The first-order chi connectivity index (χ1) is 11.5. The highest BCUT2D eigenvalue weighted by Gasteiger charge is 2.18. The fourth-order valence-corrected chi connectivity index (χ4v) is 2.40. The highest BCUT2D eigenvalue weighted by atomic mass is 35.5. The zero-order valence-electron chi connectivity index (χ0n) is 13.5. The smallest absolute Gasteiger partial charge is 0.338 e. The van der Waals surface area contributed by atoms with Crippen LogP contribution in [0, 0.1) is 6.92 Å². The number of aryl methyl sites for hydroxylation is 1. The molecule has 124 valence electrons. The quantitative estimate of drug-likeness (QED) is 0.621. The first-order valence-electron chi connectivity index (χ1n) is 7.07. The van der Waals surface area contributed by atoms with Gasteiger partial charge in [0, 0.05) is 16.8 Å². The molecular weight excluding hydrogens is 330 g/mol. The van der Waals surface area contributed by atoms with Crippen molar-refractivity contribution in [2.75, 3.05) is 14.2 Å². The summed E-state index contributed by atoms with van der Waals surface area (Å²) < 4.78 is 9.53. The summed E-state index contributed by atoms with van der Waals surface area (Å²) in [5.74, 6) is -1.12. The molecule has 0 aliphatic rings. The Morgan fingerprint density at radius 1 is 1.04 bits per heavy atom. The van der Waals surface area contributed by atoms with Gasteiger partial charge in [0.1, 0.15) is 0 Å². The van der Waals surface area contributed by atoms with E-state index >= 15 is 0 Å². The summed E-state index contributed by atoms with van der Waals surface area (Å²) in [6, 6.07) is 9.97. The molecule has 0 heterocycles. The van der Waals surface area contributed by atoms with E-state index in [-0.39, 0.29) is 11.1 Å². The number of carbonyl (C=O) groups excluding carboxylic acids is 2. The maximum absolute atomic E-state index is 12.0. The van der Waals surface area contributed by atoms with Gasteiger partial charge >= 0.3 is 11.9 Å². The van der Waals surface area contributed by atoms with Crippen molar-refractivity contribution in [2.45, 2.75) is 6.92 Å². The Morgan fingerprint density at radius 2 is 1.62 bits per heavy atom. The minimum Gasteiger partial charge on any atom is -0.465 e. The molecule has 0 fully saturated rings. The van der Waals surface area contributed by atoms with E-state index in [9.17, 15) is 9.59 Å². The third-order valence-electron chi connectivity index (χ3n) is 3.41. The molecule has 0 atom stereocenters. The van der Waals surface area contributed by atoms with Crippen LogP contribution in [0.2, 0.25) is 5.02 Å². The second kappa shape index (κ2) is 7.75. The normalized spacial score (nSPS) is 10.7. The Bertz CT molecular complexity index is 780. The largest absolute Gasteiger partial charge is 0.465 e. The van der Waals surface area contributed by atoms with Crippen LogP contribution in [0.5, 0.6) is 0 Å². The predicted molar refractivity (Wildman–Crippen MR) is 92.6 cm³/mol. The monoisotopic (exact) mass is 345 g/mol. The lowest BCUT2D eigenvalue weighted by Crippen LogP contribution is -2.12. The first-order valence-corrected chi connectivity index (χ1v) is 7.45. The third-order valence-corrected chi connectivity index (χ3v) is 3.64. The van der Waals surface area contributed by atoms with E-state index in [0.717, 1.165) is 5.56 Å². The minimum atomic E-state index is -0.560. The van der Waals surface area contributed by atoms with Crippen molar-refractivity contribution in [1.29, 1.82) is 0 Å². The van der Waals surface area contributed by atoms with Gasteiger partial charge in [0.15, 0.2) is 0 Å². The van der Waals surface area contributed by atoms with Crippen LogP contribution < -0.4 is 0 Å². The molecular formula is C18H16ClNO4. The number of ether oxygens (including phenoxy) is 2.